The van der Waals surface area contributed by atoms with Gasteiger partial charge in [0.1, 0.15) is 11.6 Å². The molecule has 0 aliphatic heterocycles. The van der Waals surface area contributed by atoms with Crippen LogP contribution in [0, 0.1) is 11.6 Å². The topological polar surface area (TPSA) is 124 Å². The standard InChI is InChI=1S/C23H22F2N4O4.K/c1-29-23(26-27-28-29)20(11-10-18(30)12-19(31)13-21(32)33)22(14-2-6-16(24)7-3-14)15-4-8-17(25)9-5-15;/h2-11,18-19,30-31H,12-13H2,1H3,(H,32,33);/q;+1/p-1/b11-10+;/t18-,19-;/m1./s1. The normalized spacial score (nSPS) is 12.7. The Morgan fingerprint density at radius 3 is 2.03 bits per heavy atom. The van der Waals surface area contributed by atoms with E-state index in [-0.39, 0.29) is 57.8 Å². The van der Waals surface area contributed by atoms with E-state index < -0.39 is 36.2 Å². The molecule has 2 N–H and O–H groups in total. The average molecular weight is 495 g/mol. The number of carbonyl (C=O) groups is 1. The summed E-state index contributed by atoms with van der Waals surface area (Å²) in [6, 6.07) is 11.3. The number of benzene rings is 2. The van der Waals surface area contributed by atoms with Crippen LogP contribution >= 0.6 is 0 Å². The number of aliphatic carboxylic acids is 1. The third-order valence-corrected chi connectivity index (χ3v) is 4.80. The molecule has 0 aliphatic rings. The van der Waals surface area contributed by atoms with Gasteiger partial charge in [0.15, 0.2) is 5.82 Å². The Kier molecular flexibility index (Phi) is 10.8. The Labute approximate surface area is 237 Å². The van der Waals surface area contributed by atoms with Crippen LogP contribution in [0.5, 0.6) is 0 Å². The number of halogens is 2. The van der Waals surface area contributed by atoms with E-state index in [1.54, 1.807) is 31.3 Å². The quantitative estimate of drug-likeness (QED) is 0.267. The maximum absolute atomic E-state index is 13.6. The first-order valence-electron chi connectivity index (χ1n) is 9.97. The summed E-state index contributed by atoms with van der Waals surface area (Å²) >= 11 is 0. The van der Waals surface area contributed by atoms with E-state index in [0.717, 1.165) is 0 Å². The third-order valence-electron chi connectivity index (χ3n) is 4.80. The molecule has 34 heavy (non-hydrogen) atoms. The first-order valence-corrected chi connectivity index (χ1v) is 9.97. The van der Waals surface area contributed by atoms with Crippen LogP contribution < -0.4 is 56.5 Å². The van der Waals surface area contributed by atoms with E-state index in [0.29, 0.717) is 28.1 Å². The van der Waals surface area contributed by atoms with Crippen LogP contribution in [0.1, 0.15) is 29.8 Å². The van der Waals surface area contributed by atoms with E-state index in [9.17, 15) is 28.9 Å². The minimum Gasteiger partial charge on any atom is -0.550 e. The summed E-state index contributed by atoms with van der Waals surface area (Å²) in [5.41, 5.74) is 2.12. The van der Waals surface area contributed by atoms with Gasteiger partial charge in [-0.1, -0.05) is 36.4 Å². The molecule has 1 aromatic heterocycles. The van der Waals surface area contributed by atoms with E-state index in [2.05, 4.69) is 15.5 Å². The van der Waals surface area contributed by atoms with Crippen molar-refractivity contribution in [1.29, 1.82) is 0 Å². The van der Waals surface area contributed by atoms with Gasteiger partial charge < -0.3 is 20.1 Å². The Morgan fingerprint density at radius 1 is 1.06 bits per heavy atom. The molecule has 0 aliphatic carbocycles. The zero-order valence-electron chi connectivity index (χ0n) is 18.6. The van der Waals surface area contributed by atoms with Gasteiger partial charge in [0, 0.05) is 31.4 Å². The molecule has 2 atom stereocenters. The third kappa shape index (κ3) is 7.70. The van der Waals surface area contributed by atoms with Crippen LogP contribution in [0.25, 0.3) is 11.1 Å². The van der Waals surface area contributed by atoms with Gasteiger partial charge in [-0.3, -0.25) is 0 Å². The fourth-order valence-corrected chi connectivity index (χ4v) is 3.28. The minimum absolute atomic E-state index is 0. The second-order valence-electron chi connectivity index (χ2n) is 7.32. The number of nitrogens with zero attached hydrogens (tertiary/aromatic N) is 4. The molecule has 172 valence electrons. The number of tetrazole rings is 1. The summed E-state index contributed by atoms with van der Waals surface area (Å²) < 4.78 is 28.6. The first kappa shape index (κ1) is 28.1. The van der Waals surface area contributed by atoms with Gasteiger partial charge in [-0.2, -0.15) is 0 Å². The molecule has 0 saturated heterocycles. The number of carbonyl (C=O) groups excluding carboxylic acids is 1. The van der Waals surface area contributed by atoms with Gasteiger partial charge in [0.25, 0.3) is 0 Å². The predicted molar refractivity (Wildman–Crippen MR) is 113 cm³/mol. The van der Waals surface area contributed by atoms with Crippen molar-refractivity contribution in [1.82, 2.24) is 20.2 Å². The second kappa shape index (κ2) is 13.1. The number of hydrogen-bond acceptors (Lipinski definition) is 7. The Balaban J connectivity index is 0.00000408. The summed E-state index contributed by atoms with van der Waals surface area (Å²) in [4.78, 5) is 10.6. The van der Waals surface area contributed by atoms with Crippen LogP contribution in [-0.4, -0.2) is 48.6 Å². The fourth-order valence-electron chi connectivity index (χ4n) is 3.28. The molecule has 3 aromatic rings. The zero-order chi connectivity index (χ0) is 24.0. The van der Waals surface area contributed by atoms with E-state index in [1.165, 1.54) is 41.1 Å². The summed E-state index contributed by atoms with van der Waals surface area (Å²) in [7, 11) is 1.61. The van der Waals surface area contributed by atoms with Crippen LogP contribution in [0.15, 0.2) is 60.7 Å². The summed E-state index contributed by atoms with van der Waals surface area (Å²) in [6.07, 6.45) is -0.473. The maximum atomic E-state index is 13.6. The Hall–Kier alpha value is -2.12. The average Bonchev–Trinajstić information content (AvgIpc) is 3.18. The van der Waals surface area contributed by atoms with Crippen LogP contribution in [0.2, 0.25) is 0 Å². The molecular weight excluding hydrogens is 473 g/mol. The zero-order valence-corrected chi connectivity index (χ0v) is 21.7. The largest absolute Gasteiger partial charge is 1.00 e. The number of aliphatic hydroxyl groups is 2. The molecule has 0 radical (unpaired) electrons. The molecule has 0 amide bonds. The molecule has 2 aromatic carbocycles. The molecule has 8 nitrogen and oxygen atoms in total. The number of carboxylic acids is 1. The molecule has 0 saturated carbocycles. The minimum atomic E-state index is -1.43. The van der Waals surface area contributed by atoms with Crippen molar-refractivity contribution in [3.05, 3.63) is 89.3 Å². The van der Waals surface area contributed by atoms with Gasteiger partial charge in [0.2, 0.25) is 0 Å². The number of allylic oxidation sites excluding steroid dienone is 2. The molecule has 0 bridgehead atoms. The number of aryl methyl sites for hydroxylation is 1. The first-order chi connectivity index (χ1) is 15.7. The van der Waals surface area contributed by atoms with Gasteiger partial charge >= 0.3 is 51.4 Å². The number of aliphatic hydroxyl groups excluding tert-OH is 2. The Bertz CT molecular complexity index is 1120. The number of aromatic nitrogens is 4. The van der Waals surface area contributed by atoms with Gasteiger partial charge in [-0.25, -0.2) is 13.5 Å². The van der Waals surface area contributed by atoms with Crippen LogP contribution in [0.3, 0.4) is 0 Å². The van der Waals surface area contributed by atoms with Crippen molar-refractivity contribution < 1.29 is 80.3 Å². The smallest absolute Gasteiger partial charge is 0.550 e. The fraction of sp³-hybridized carbons (Fsp3) is 0.217. The molecule has 3 rings (SSSR count). The van der Waals surface area contributed by atoms with Crippen molar-refractivity contribution in [2.24, 2.45) is 7.05 Å². The summed E-state index contributed by atoms with van der Waals surface area (Å²) in [6.45, 7) is 0. The molecule has 0 unspecified atom stereocenters. The summed E-state index contributed by atoms with van der Waals surface area (Å²) in [5, 5.41) is 42.2. The molecular formula is C23H21F2KN4O4. The molecule has 1 heterocycles. The number of rotatable bonds is 9. The van der Waals surface area contributed by atoms with Crippen molar-refractivity contribution in [3.63, 3.8) is 0 Å². The number of carboxylic acid groups (broad SMARTS) is 1. The van der Waals surface area contributed by atoms with E-state index >= 15 is 0 Å². The van der Waals surface area contributed by atoms with Gasteiger partial charge in [0.05, 0.1) is 12.2 Å². The molecule has 0 spiro atoms. The maximum Gasteiger partial charge on any atom is 1.00 e. The monoisotopic (exact) mass is 494 g/mol. The molecule has 11 heteroatoms. The SMILES string of the molecule is Cn1nnnc1C(/C=C/[C@@H](O)C[C@@H](O)CC(=O)[O-])=C(c1ccc(F)cc1)c1ccc(F)cc1.[K+]. The Morgan fingerprint density at radius 2 is 1.59 bits per heavy atom. The van der Waals surface area contributed by atoms with Crippen molar-refractivity contribution in [2.45, 2.75) is 25.0 Å². The van der Waals surface area contributed by atoms with E-state index in [4.69, 9.17) is 0 Å². The molecule has 0 fully saturated rings. The number of hydrogen-bond donors (Lipinski definition) is 2. The predicted octanol–water partition coefficient (Wildman–Crippen LogP) is -1.74. The van der Waals surface area contributed by atoms with Crippen LogP contribution in [0.4, 0.5) is 8.78 Å². The summed E-state index contributed by atoms with van der Waals surface area (Å²) in [5.74, 6) is -2.00. The van der Waals surface area contributed by atoms with Crippen molar-refractivity contribution in [3.8, 4) is 0 Å². The van der Waals surface area contributed by atoms with Gasteiger partial charge in [-0.15, -0.1) is 5.10 Å². The van der Waals surface area contributed by atoms with Crippen molar-refractivity contribution >= 4 is 17.1 Å². The van der Waals surface area contributed by atoms with E-state index in [1.807, 2.05) is 0 Å². The second-order valence-corrected chi connectivity index (χ2v) is 7.32. The van der Waals surface area contributed by atoms with Crippen LogP contribution in [-0.2, 0) is 11.8 Å². The van der Waals surface area contributed by atoms with Crippen molar-refractivity contribution in [2.75, 3.05) is 0 Å². The van der Waals surface area contributed by atoms with Gasteiger partial charge in [-0.05, 0) is 51.4 Å².